The average molecular weight is 275 g/mol. The summed E-state index contributed by atoms with van der Waals surface area (Å²) < 4.78 is 1.09. The van der Waals surface area contributed by atoms with Crippen LogP contribution >= 0.6 is 15.9 Å². The minimum absolute atomic E-state index is 0.165. The number of halogens is 1. The summed E-state index contributed by atoms with van der Waals surface area (Å²) in [5, 5.41) is 2.41. The number of aldehydes is 1. The molecule has 0 saturated heterocycles. The molecule has 0 N–H and O–H groups in total. The first-order valence-electron chi connectivity index (χ1n) is 5.40. The maximum Gasteiger partial charge on any atom is 0.130 e. The predicted octanol–water partition coefficient (Wildman–Crippen LogP) is 3.83. The van der Waals surface area contributed by atoms with Crippen molar-refractivity contribution in [1.29, 1.82) is 0 Å². The van der Waals surface area contributed by atoms with Crippen LogP contribution in [0.1, 0.15) is 18.4 Å². The van der Waals surface area contributed by atoms with Crippen LogP contribution in [0.3, 0.4) is 0 Å². The van der Waals surface area contributed by atoms with E-state index in [0.717, 1.165) is 29.2 Å². The molecule has 1 fully saturated rings. The van der Waals surface area contributed by atoms with Crippen LogP contribution in [0.25, 0.3) is 10.8 Å². The van der Waals surface area contributed by atoms with E-state index in [2.05, 4.69) is 46.3 Å². The van der Waals surface area contributed by atoms with Gasteiger partial charge in [-0.3, -0.25) is 0 Å². The second-order valence-electron chi connectivity index (χ2n) is 4.48. The summed E-state index contributed by atoms with van der Waals surface area (Å²) >= 11 is 3.46. The van der Waals surface area contributed by atoms with E-state index in [1.54, 1.807) is 0 Å². The van der Waals surface area contributed by atoms with Gasteiger partial charge in [0.1, 0.15) is 6.29 Å². The molecular formula is C14H11BrO. The Hall–Kier alpha value is -1.15. The highest BCUT2D eigenvalue weighted by Crippen LogP contribution is 2.46. The van der Waals surface area contributed by atoms with Crippen molar-refractivity contribution in [3.63, 3.8) is 0 Å². The van der Waals surface area contributed by atoms with Gasteiger partial charge in [-0.1, -0.05) is 40.2 Å². The summed E-state index contributed by atoms with van der Waals surface area (Å²) in [6.45, 7) is 0. The third-order valence-electron chi connectivity index (χ3n) is 3.39. The number of carbonyl (C=O) groups is 1. The van der Waals surface area contributed by atoms with Crippen LogP contribution in [0.5, 0.6) is 0 Å². The highest BCUT2D eigenvalue weighted by atomic mass is 79.9. The lowest BCUT2D eigenvalue weighted by Gasteiger charge is -2.08. The molecule has 0 aliphatic heterocycles. The molecule has 0 atom stereocenters. The minimum atomic E-state index is -0.165. The quantitative estimate of drug-likeness (QED) is 0.761. The number of hydrogen-bond donors (Lipinski definition) is 0. The molecule has 0 aromatic heterocycles. The monoisotopic (exact) mass is 274 g/mol. The Morgan fingerprint density at radius 3 is 2.44 bits per heavy atom. The van der Waals surface area contributed by atoms with Gasteiger partial charge in [0.05, 0.1) is 5.41 Å². The summed E-state index contributed by atoms with van der Waals surface area (Å²) in [5.74, 6) is 0. The van der Waals surface area contributed by atoms with Crippen LogP contribution in [0.4, 0.5) is 0 Å². The van der Waals surface area contributed by atoms with Crippen LogP contribution in [0, 0.1) is 0 Å². The second-order valence-corrected chi connectivity index (χ2v) is 5.40. The highest BCUT2D eigenvalue weighted by molar-refractivity contribution is 9.10. The molecule has 0 spiro atoms. The molecule has 16 heavy (non-hydrogen) atoms. The van der Waals surface area contributed by atoms with Crippen LogP contribution in [0.2, 0.25) is 0 Å². The van der Waals surface area contributed by atoms with Gasteiger partial charge in [0.2, 0.25) is 0 Å². The smallest absolute Gasteiger partial charge is 0.130 e. The molecule has 0 bridgehead atoms. The Balaban J connectivity index is 2.16. The van der Waals surface area contributed by atoms with E-state index < -0.39 is 0 Å². The van der Waals surface area contributed by atoms with Gasteiger partial charge in [-0.2, -0.15) is 0 Å². The third-order valence-corrected chi connectivity index (χ3v) is 3.88. The van der Waals surface area contributed by atoms with E-state index in [4.69, 9.17) is 0 Å². The van der Waals surface area contributed by atoms with E-state index in [0.29, 0.717) is 0 Å². The topological polar surface area (TPSA) is 17.1 Å². The van der Waals surface area contributed by atoms with Crippen LogP contribution in [-0.2, 0) is 10.2 Å². The van der Waals surface area contributed by atoms with Crippen LogP contribution < -0.4 is 0 Å². The molecule has 0 unspecified atom stereocenters. The number of carbonyl (C=O) groups excluding carboxylic acids is 1. The van der Waals surface area contributed by atoms with Crippen molar-refractivity contribution < 1.29 is 4.79 Å². The van der Waals surface area contributed by atoms with Gasteiger partial charge >= 0.3 is 0 Å². The summed E-state index contributed by atoms with van der Waals surface area (Å²) in [7, 11) is 0. The van der Waals surface area contributed by atoms with Gasteiger partial charge in [0.25, 0.3) is 0 Å². The van der Waals surface area contributed by atoms with Crippen molar-refractivity contribution >= 4 is 33.0 Å². The van der Waals surface area contributed by atoms with E-state index in [1.165, 1.54) is 10.8 Å². The van der Waals surface area contributed by atoms with E-state index in [9.17, 15) is 4.79 Å². The Morgan fingerprint density at radius 2 is 1.75 bits per heavy atom. The molecule has 2 heteroatoms. The van der Waals surface area contributed by atoms with Crippen molar-refractivity contribution in [3.05, 3.63) is 46.4 Å². The first-order valence-corrected chi connectivity index (χ1v) is 6.19. The zero-order valence-corrected chi connectivity index (χ0v) is 10.3. The highest BCUT2D eigenvalue weighted by Gasteiger charge is 2.44. The maximum absolute atomic E-state index is 11.1. The van der Waals surface area contributed by atoms with Gasteiger partial charge in [-0.25, -0.2) is 0 Å². The van der Waals surface area contributed by atoms with Crippen LogP contribution in [0.15, 0.2) is 40.9 Å². The van der Waals surface area contributed by atoms with Crippen molar-refractivity contribution in [2.24, 2.45) is 0 Å². The van der Waals surface area contributed by atoms with Gasteiger partial charge in [0, 0.05) is 4.47 Å². The lowest BCUT2D eigenvalue weighted by atomic mass is 9.95. The van der Waals surface area contributed by atoms with Crippen molar-refractivity contribution in [3.8, 4) is 0 Å². The van der Waals surface area contributed by atoms with Crippen molar-refractivity contribution in [2.75, 3.05) is 0 Å². The number of hydrogen-bond acceptors (Lipinski definition) is 1. The lowest BCUT2D eigenvalue weighted by Crippen LogP contribution is -2.07. The second kappa shape index (κ2) is 3.42. The Morgan fingerprint density at radius 1 is 1.06 bits per heavy atom. The average Bonchev–Trinajstić information content (AvgIpc) is 3.09. The molecular weight excluding hydrogens is 264 g/mol. The number of rotatable bonds is 2. The summed E-state index contributed by atoms with van der Waals surface area (Å²) in [5.41, 5.74) is 0.999. The Bertz CT molecular complexity index is 570. The van der Waals surface area contributed by atoms with E-state index in [-0.39, 0.29) is 5.41 Å². The standard InChI is InChI=1S/C14H11BrO/c15-13-4-2-10-7-12(3-1-11(10)8-13)14(9-16)5-6-14/h1-4,7-9H,5-6H2. The largest absolute Gasteiger partial charge is 0.302 e. The third kappa shape index (κ3) is 1.49. The number of fused-ring (bicyclic) bond motifs is 1. The summed E-state index contributed by atoms with van der Waals surface area (Å²) in [6, 6.07) is 12.5. The van der Waals surface area contributed by atoms with Gasteiger partial charge < -0.3 is 4.79 Å². The first kappa shape index (κ1) is 10.0. The van der Waals surface area contributed by atoms with Crippen molar-refractivity contribution in [2.45, 2.75) is 18.3 Å². The van der Waals surface area contributed by atoms with Gasteiger partial charge in [-0.15, -0.1) is 0 Å². The molecule has 1 nitrogen and oxygen atoms in total. The first-order chi connectivity index (χ1) is 7.73. The Kier molecular flexibility index (Phi) is 2.15. The normalized spacial score (nSPS) is 17.3. The molecule has 3 rings (SSSR count). The zero-order chi connectivity index (χ0) is 11.2. The molecule has 1 saturated carbocycles. The van der Waals surface area contributed by atoms with Crippen molar-refractivity contribution in [1.82, 2.24) is 0 Å². The molecule has 1 aliphatic carbocycles. The Labute approximate surface area is 103 Å². The molecule has 1 aliphatic rings. The fourth-order valence-corrected chi connectivity index (χ4v) is 2.51. The fourth-order valence-electron chi connectivity index (χ4n) is 2.14. The SMILES string of the molecule is O=CC1(c2ccc3cc(Br)ccc3c2)CC1. The van der Waals surface area contributed by atoms with Crippen LogP contribution in [-0.4, -0.2) is 6.29 Å². The fraction of sp³-hybridized carbons (Fsp3) is 0.214. The lowest BCUT2D eigenvalue weighted by molar-refractivity contribution is -0.109. The van der Waals surface area contributed by atoms with E-state index in [1.807, 2.05) is 6.07 Å². The molecule has 2 aromatic carbocycles. The minimum Gasteiger partial charge on any atom is -0.302 e. The van der Waals surface area contributed by atoms with E-state index >= 15 is 0 Å². The zero-order valence-electron chi connectivity index (χ0n) is 8.74. The molecule has 2 aromatic rings. The molecule has 0 heterocycles. The van der Waals surface area contributed by atoms with Gasteiger partial charge in [-0.05, 0) is 41.3 Å². The summed E-state index contributed by atoms with van der Waals surface area (Å²) in [6.07, 6.45) is 3.10. The molecule has 0 amide bonds. The number of benzene rings is 2. The molecule has 80 valence electrons. The van der Waals surface area contributed by atoms with Gasteiger partial charge in [0.15, 0.2) is 0 Å². The summed E-state index contributed by atoms with van der Waals surface area (Å²) in [4.78, 5) is 11.1. The predicted molar refractivity (Wildman–Crippen MR) is 68.6 cm³/mol. The maximum atomic E-state index is 11.1. The molecule has 0 radical (unpaired) electrons.